The minimum atomic E-state index is -4.79. The SMILES string of the molecule is COc1ccc(Cn2c(Oc3cccc(OC(F)(F)F)c3)nc3c2COCN3C)cc1. The monoisotopic (exact) mass is 435 g/mol. The summed E-state index contributed by atoms with van der Waals surface area (Å²) in [5, 5.41) is 0. The molecule has 10 heteroatoms. The first-order chi connectivity index (χ1) is 14.8. The lowest BCUT2D eigenvalue weighted by Gasteiger charge is -2.24. The molecule has 2 aromatic carbocycles. The molecule has 0 radical (unpaired) electrons. The van der Waals surface area contributed by atoms with Crippen LogP contribution >= 0.6 is 0 Å². The van der Waals surface area contributed by atoms with Crippen molar-refractivity contribution in [3.8, 4) is 23.3 Å². The van der Waals surface area contributed by atoms with Crippen molar-refractivity contribution in [2.45, 2.75) is 19.5 Å². The van der Waals surface area contributed by atoms with Crippen LogP contribution in [0.4, 0.5) is 19.0 Å². The fraction of sp³-hybridized carbons (Fsp3) is 0.286. The first kappa shape index (κ1) is 20.9. The summed E-state index contributed by atoms with van der Waals surface area (Å²) in [6.45, 7) is 1.14. The van der Waals surface area contributed by atoms with Crippen molar-refractivity contribution >= 4 is 5.82 Å². The third-order valence-electron chi connectivity index (χ3n) is 4.65. The standard InChI is InChI=1S/C21H20F3N3O4/c1-26-13-29-12-18-19(26)25-20(27(18)11-14-6-8-15(28-2)9-7-14)30-16-4-3-5-17(10-16)31-21(22,23)24/h3-10H,11-13H2,1-2H3. The van der Waals surface area contributed by atoms with Gasteiger partial charge in [-0.25, -0.2) is 0 Å². The minimum absolute atomic E-state index is 0.170. The average Bonchev–Trinajstić information content (AvgIpc) is 3.06. The lowest BCUT2D eigenvalue weighted by atomic mass is 10.2. The molecule has 0 saturated carbocycles. The van der Waals surface area contributed by atoms with Crippen molar-refractivity contribution in [2.24, 2.45) is 0 Å². The fourth-order valence-corrected chi connectivity index (χ4v) is 3.23. The maximum atomic E-state index is 12.6. The molecule has 0 N–H and O–H groups in total. The van der Waals surface area contributed by atoms with E-state index in [9.17, 15) is 13.2 Å². The van der Waals surface area contributed by atoms with Crippen LogP contribution in [0.5, 0.6) is 23.3 Å². The Labute approximate surface area is 176 Å². The van der Waals surface area contributed by atoms with Crippen LogP contribution in [0.3, 0.4) is 0 Å². The van der Waals surface area contributed by atoms with Gasteiger partial charge in [0.05, 0.1) is 26.0 Å². The van der Waals surface area contributed by atoms with Gasteiger partial charge in [-0.15, -0.1) is 13.2 Å². The molecule has 3 aromatic rings. The van der Waals surface area contributed by atoms with Gasteiger partial charge in [0.2, 0.25) is 0 Å². The number of aromatic nitrogens is 2. The van der Waals surface area contributed by atoms with Crippen molar-refractivity contribution in [1.29, 1.82) is 0 Å². The second-order valence-corrected chi connectivity index (χ2v) is 6.90. The molecule has 0 atom stereocenters. The number of halogens is 3. The average molecular weight is 435 g/mol. The first-order valence-electron chi connectivity index (χ1n) is 9.37. The van der Waals surface area contributed by atoms with Crippen molar-refractivity contribution in [3.05, 3.63) is 59.8 Å². The predicted octanol–water partition coefficient (Wildman–Crippen LogP) is 4.55. The van der Waals surface area contributed by atoms with E-state index in [-0.39, 0.29) is 17.5 Å². The Bertz CT molecular complexity index is 1050. The number of hydrogen-bond donors (Lipinski definition) is 0. The molecule has 7 nitrogen and oxygen atoms in total. The number of fused-ring (bicyclic) bond motifs is 1. The zero-order valence-electron chi connectivity index (χ0n) is 16.8. The van der Waals surface area contributed by atoms with Gasteiger partial charge in [0, 0.05) is 13.1 Å². The normalized spacial score (nSPS) is 13.6. The number of alkyl halides is 3. The fourth-order valence-electron chi connectivity index (χ4n) is 3.23. The lowest BCUT2D eigenvalue weighted by molar-refractivity contribution is -0.274. The molecular weight excluding hydrogens is 415 g/mol. The van der Waals surface area contributed by atoms with E-state index in [0.717, 1.165) is 17.0 Å². The van der Waals surface area contributed by atoms with Gasteiger partial charge in [-0.2, -0.15) is 4.98 Å². The molecule has 2 heterocycles. The molecule has 0 amide bonds. The molecule has 31 heavy (non-hydrogen) atoms. The van der Waals surface area contributed by atoms with E-state index in [2.05, 4.69) is 9.72 Å². The van der Waals surface area contributed by atoms with Crippen LogP contribution in [0.15, 0.2) is 48.5 Å². The molecular formula is C21H20F3N3O4. The van der Waals surface area contributed by atoms with E-state index in [0.29, 0.717) is 25.7 Å². The van der Waals surface area contributed by atoms with E-state index in [1.165, 1.54) is 24.3 Å². The zero-order valence-corrected chi connectivity index (χ0v) is 16.8. The molecule has 0 unspecified atom stereocenters. The highest BCUT2D eigenvalue weighted by Crippen LogP contribution is 2.34. The van der Waals surface area contributed by atoms with E-state index in [4.69, 9.17) is 14.2 Å². The van der Waals surface area contributed by atoms with Gasteiger partial charge in [-0.1, -0.05) is 18.2 Å². The third kappa shape index (κ3) is 4.85. The number of ether oxygens (including phenoxy) is 4. The molecule has 0 fully saturated rings. The van der Waals surface area contributed by atoms with Crippen LogP contribution < -0.4 is 19.1 Å². The smallest absolute Gasteiger partial charge is 0.497 e. The van der Waals surface area contributed by atoms with Crippen LogP contribution in [0.1, 0.15) is 11.3 Å². The highest BCUT2D eigenvalue weighted by molar-refractivity contribution is 5.48. The number of imidazole rings is 1. The number of nitrogens with zero attached hydrogens (tertiary/aromatic N) is 3. The summed E-state index contributed by atoms with van der Waals surface area (Å²) in [5.41, 5.74) is 1.77. The number of anilines is 1. The number of methoxy groups -OCH3 is 1. The molecule has 4 rings (SSSR count). The third-order valence-corrected chi connectivity index (χ3v) is 4.65. The largest absolute Gasteiger partial charge is 0.573 e. The van der Waals surface area contributed by atoms with E-state index >= 15 is 0 Å². The number of benzene rings is 2. The molecule has 1 aliphatic rings. The topological polar surface area (TPSA) is 58.0 Å². The summed E-state index contributed by atoms with van der Waals surface area (Å²) in [4.78, 5) is 6.39. The minimum Gasteiger partial charge on any atom is -0.497 e. The van der Waals surface area contributed by atoms with Crippen molar-refractivity contribution in [2.75, 3.05) is 25.8 Å². The van der Waals surface area contributed by atoms with Crippen LogP contribution in [0.2, 0.25) is 0 Å². The summed E-state index contributed by atoms with van der Waals surface area (Å²) in [6, 6.07) is 13.1. The number of rotatable bonds is 6. The maximum Gasteiger partial charge on any atom is 0.573 e. The predicted molar refractivity (Wildman–Crippen MR) is 106 cm³/mol. The Kier molecular flexibility index (Phi) is 5.64. The maximum absolute atomic E-state index is 12.6. The molecule has 0 spiro atoms. The second-order valence-electron chi connectivity index (χ2n) is 6.90. The first-order valence-corrected chi connectivity index (χ1v) is 9.37. The molecule has 0 aliphatic carbocycles. The lowest BCUT2D eigenvalue weighted by Crippen LogP contribution is -2.27. The van der Waals surface area contributed by atoms with Crippen LogP contribution in [0.25, 0.3) is 0 Å². The van der Waals surface area contributed by atoms with E-state index in [1.54, 1.807) is 7.11 Å². The van der Waals surface area contributed by atoms with Crippen LogP contribution in [0, 0.1) is 0 Å². The summed E-state index contributed by atoms with van der Waals surface area (Å²) in [6.07, 6.45) is -4.79. The Morgan fingerprint density at radius 3 is 2.52 bits per heavy atom. The molecule has 0 saturated heterocycles. The highest BCUT2D eigenvalue weighted by atomic mass is 19.4. The summed E-state index contributed by atoms with van der Waals surface area (Å²) in [5.74, 6) is 1.22. The van der Waals surface area contributed by atoms with Gasteiger partial charge in [0.25, 0.3) is 0 Å². The van der Waals surface area contributed by atoms with Gasteiger partial charge in [0.1, 0.15) is 24.0 Å². The van der Waals surface area contributed by atoms with E-state index in [1.807, 2.05) is 40.8 Å². The number of hydrogen-bond acceptors (Lipinski definition) is 6. The van der Waals surface area contributed by atoms with Crippen LogP contribution in [-0.2, 0) is 17.9 Å². The zero-order chi connectivity index (χ0) is 22.0. The van der Waals surface area contributed by atoms with Crippen molar-refractivity contribution in [3.63, 3.8) is 0 Å². The Morgan fingerprint density at radius 1 is 1.06 bits per heavy atom. The summed E-state index contributed by atoms with van der Waals surface area (Å²) < 4.78 is 60.1. The molecule has 1 aliphatic heterocycles. The molecule has 164 valence electrons. The summed E-state index contributed by atoms with van der Waals surface area (Å²) >= 11 is 0. The molecule has 0 bridgehead atoms. The van der Waals surface area contributed by atoms with Crippen molar-refractivity contribution < 1.29 is 32.1 Å². The van der Waals surface area contributed by atoms with Crippen molar-refractivity contribution in [1.82, 2.24) is 9.55 Å². The Hall–Kier alpha value is -3.40. The van der Waals surface area contributed by atoms with Gasteiger partial charge in [-0.05, 0) is 29.8 Å². The Balaban J connectivity index is 1.66. The Morgan fingerprint density at radius 2 is 1.81 bits per heavy atom. The molecule has 1 aromatic heterocycles. The van der Waals surface area contributed by atoms with Gasteiger partial charge in [0.15, 0.2) is 5.82 Å². The van der Waals surface area contributed by atoms with Gasteiger partial charge in [-0.3, -0.25) is 4.57 Å². The van der Waals surface area contributed by atoms with Gasteiger partial charge >= 0.3 is 12.4 Å². The van der Waals surface area contributed by atoms with E-state index < -0.39 is 6.36 Å². The van der Waals surface area contributed by atoms with Gasteiger partial charge < -0.3 is 23.8 Å². The second kappa shape index (κ2) is 8.38. The highest BCUT2D eigenvalue weighted by Gasteiger charge is 2.31. The summed E-state index contributed by atoms with van der Waals surface area (Å²) in [7, 11) is 3.43. The van der Waals surface area contributed by atoms with Crippen LogP contribution in [-0.4, -0.2) is 36.8 Å². The quantitative estimate of drug-likeness (QED) is 0.566.